The maximum Gasteiger partial charge on any atom is 0.0406 e. The van der Waals surface area contributed by atoms with E-state index >= 15 is 0 Å². The van der Waals surface area contributed by atoms with E-state index in [9.17, 15) is 0 Å². The van der Waals surface area contributed by atoms with E-state index < -0.39 is 0 Å². The minimum Gasteiger partial charge on any atom is -0.305 e. The van der Waals surface area contributed by atoms with Crippen molar-refractivity contribution in [3.63, 3.8) is 0 Å². The van der Waals surface area contributed by atoms with Crippen LogP contribution in [0.3, 0.4) is 0 Å². The summed E-state index contributed by atoms with van der Waals surface area (Å²) in [5.74, 6) is 0. The lowest BCUT2D eigenvalue weighted by atomic mass is 10.1. The van der Waals surface area contributed by atoms with Gasteiger partial charge in [0.25, 0.3) is 0 Å². The molecule has 1 unspecified atom stereocenters. The van der Waals surface area contributed by atoms with E-state index in [1.807, 2.05) is 23.5 Å². The van der Waals surface area contributed by atoms with Gasteiger partial charge in [0, 0.05) is 22.5 Å². The monoisotopic (exact) mass is 279 g/mol. The van der Waals surface area contributed by atoms with Crippen LogP contribution in [0.4, 0.5) is 0 Å². The topological polar surface area (TPSA) is 12.0 Å². The van der Waals surface area contributed by atoms with Crippen molar-refractivity contribution in [1.29, 1.82) is 0 Å². The van der Waals surface area contributed by atoms with E-state index in [2.05, 4.69) is 42.7 Å². The quantitative estimate of drug-likeness (QED) is 0.828. The smallest absolute Gasteiger partial charge is 0.0406 e. The van der Waals surface area contributed by atoms with Crippen molar-refractivity contribution in [1.82, 2.24) is 5.32 Å². The third-order valence-electron chi connectivity index (χ3n) is 3.16. The summed E-state index contributed by atoms with van der Waals surface area (Å²) in [4.78, 5) is 1.44. The normalized spacial score (nSPS) is 12.6. The maximum absolute atomic E-state index is 5.90. The fraction of sp³-hybridized carbons (Fsp3) is 0.333. The highest BCUT2D eigenvalue weighted by atomic mass is 35.5. The molecule has 0 spiro atoms. The molecule has 0 saturated heterocycles. The van der Waals surface area contributed by atoms with Crippen molar-refractivity contribution in [3.8, 4) is 0 Å². The van der Waals surface area contributed by atoms with Crippen LogP contribution in [0, 0.1) is 0 Å². The molecule has 0 saturated carbocycles. The first-order valence-corrected chi connectivity index (χ1v) is 7.50. The third-order valence-corrected chi connectivity index (χ3v) is 4.37. The van der Waals surface area contributed by atoms with Gasteiger partial charge in [-0.05, 0) is 48.1 Å². The molecule has 18 heavy (non-hydrogen) atoms. The van der Waals surface area contributed by atoms with Crippen molar-refractivity contribution in [2.24, 2.45) is 0 Å². The van der Waals surface area contributed by atoms with Crippen molar-refractivity contribution in [3.05, 3.63) is 56.7 Å². The average Bonchev–Trinajstić information content (AvgIpc) is 2.84. The lowest BCUT2D eigenvalue weighted by Gasteiger charge is -2.14. The zero-order chi connectivity index (χ0) is 13.0. The number of halogens is 1. The number of hydrogen-bond acceptors (Lipinski definition) is 2. The molecular formula is C15H18ClNS. The number of nitrogens with one attached hydrogen (secondary N) is 1. The van der Waals surface area contributed by atoms with Crippen molar-refractivity contribution < 1.29 is 0 Å². The Hall–Kier alpha value is -0.830. The Morgan fingerprint density at radius 3 is 2.61 bits per heavy atom. The van der Waals surface area contributed by atoms with Gasteiger partial charge in [0.2, 0.25) is 0 Å². The fourth-order valence-corrected chi connectivity index (χ4v) is 3.01. The summed E-state index contributed by atoms with van der Waals surface area (Å²) in [5.41, 5.74) is 2.73. The highest BCUT2D eigenvalue weighted by Gasteiger charge is 2.07. The largest absolute Gasteiger partial charge is 0.305 e. The molecule has 1 heterocycles. The van der Waals surface area contributed by atoms with E-state index in [4.69, 9.17) is 11.6 Å². The second kappa shape index (κ2) is 6.37. The molecule has 1 aromatic heterocycles. The van der Waals surface area contributed by atoms with E-state index in [1.165, 1.54) is 16.0 Å². The van der Waals surface area contributed by atoms with Crippen LogP contribution in [-0.4, -0.2) is 0 Å². The molecule has 0 amide bonds. The summed E-state index contributed by atoms with van der Waals surface area (Å²) >= 11 is 7.73. The first kappa shape index (κ1) is 13.6. The molecule has 1 aromatic carbocycles. The summed E-state index contributed by atoms with van der Waals surface area (Å²) in [6, 6.07) is 10.6. The fourth-order valence-electron chi connectivity index (χ4n) is 1.95. The molecule has 0 bridgehead atoms. The summed E-state index contributed by atoms with van der Waals surface area (Å²) in [6.07, 6.45) is 1.11. The first-order valence-electron chi connectivity index (χ1n) is 6.24. The van der Waals surface area contributed by atoms with Crippen LogP contribution in [0.15, 0.2) is 35.7 Å². The standard InChI is InChI=1S/C15H18ClNS/c1-3-12-8-9-18-15(12)10-17-11(2)13-4-6-14(16)7-5-13/h4-9,11,17H,3,10H2,1-2H3. The number of benzene rings is 1. The molecule has 0 aliphatic rings. The van der Waals surface area contributed by atoms with E-state index in [0.29, 0.717) is 6.04 Å². The SMILES string of the molecule is CCc1ccsc1CNC(C)c1ccc(Cl)cc1. The molecule has 0 aliphatic heterocycles. The molecule has 0 radical (unpaired) electrons. The second-order valence-corrected chi connectivity index (χ2v) is 5.81. The predicted octanol–water partition coefficient (Wildman–Crippen LogP) is 4.81. The lowest BCUT2D eigenvalue weighted by molar-refractivity contribution is 0.577. The van der Waals surface area contributed by atoms with Gasteiger partial charge in [-0.15, -0.1) is 11.3 Å². The predicted molar refractivity (Wildman–Crippen MR) is 80.4 cm³/mol. The van der Waals surface area contributed by atoms with Gasteiger partial charge >= 0.3 is 0 Å². The summed E-state index contributed by atoms with van der Waals surface area (Å²) in [5, 5.41) is 6.52. The molecule has 3 heteroatoms. The number of thiophene rings is 1. The zero-order valence-electron chi connectivity index (χ0n) is 10.7. The number of rotatable bonds is 5. The zero-order valence-corrected chi connectivity index (χ0v) is 12.3. The van der Waals surface area contributed by atoms with Gasteiger partial charge in [0.15, 0.2) is 0 Å². The first-order chi connectivity index (χ1) is 8.70. The second-order valence-electron chi connectivity index (χ2n) is 4.38. The van der Waals surface area contributed by atoms with Crippen LogP contribution < -0.4 is 5.32 Å². The molecule has 2 rings (SSSR count). The Bertz CT molecular complexity index is 489. The minimum absolute atomic E-state index is 0.342. The van der Waals surface area contributed by atoms with Crippen molar-refractivity contribution >= 4 is 22.9 Å². The maximum atomic E-state index is 5.90. The van der Waals surface area contributed by atoms with E-state index in [-0.39, 0.29) is 0 Å². The van der Waals surface area contributed by atoms with Gasteiger partial charge in [-0.25, -0.2) is 0 Å². The summed E-state index contributed by atoms with van der Waals surface area (Å²) in [6.45, 7) is 5.32. The third kappa shape index (κ3) is 3.35. The Balaban J connectivity index is 1.96. The molecule has 1 nitrogen and oxygen atoms in total. The Labute approximate surface area is 118 Å². The van der Waals surface area contributed by atoms with Gasteiger partial charge in [0.05, 0.1) is 0 Å². The molecule has 1 atom stereocenters. The Kier molecular flexibility index (Phi) is 4.81. The molecular weight excluding hydrogens is 262 g/mol. The van der Waals surface area contributed by atoms with Crippen molar-refractivity contribution in [2.45, 2.75) is 32.9 Å². The van der Waals surface area contributed by atoms with Gasteiger partial charge < -0.3 is 5.32 Å². The van der Waals surface area contributed by atoms with Crippen LogP contribution in [0.2, 0.25) is 5.02 Å². The number of hydrogen-bond donors (Lipinski definition) is 1. The average molecular weight is 280 g/mol. The Morgan fingerprint density at radius 2 is 1.94 bits per heavy atom. The highest BCUT2D eigenvalue weighted by molar-refractivity contribution is 7.10. The Morgan fingerprint density at radius 1 is 1.22 bits per heavy atom. The lowest BCUT2D eigenvalue weighted by Crippen LogP contribution is -2.18. The summed E-state index contributed by atoms with van der Waals surface area (Å²) in [7, 11) is 0. The van der Waals surface area contributed by atoms with Gasteiger partial charge in [-0.3, -0.25) is 0 Å². The van der Waals surface area contributed by atoms with E-state index in [1.54, 1.807) is 0 Å². The molecule has 96 valence electrons. The molecule has 0 aliphatic carbocycles. The minimum atomic E-state index is 0.342. The summed E-state index contributed by atoms with van der Waals surface area (Å²) < 4.78 is 0. The van der Waals surface area contributed by atoms with Crippen LogP contribution in [0.5, 0.6) is 0 Å². The van der Waals surface area contributed by atoms with Gasteiger partial charge in [-0.1, -0.05) is 30.7 Å². The highest BCUT2D eigenvalue weighted by Crippen LogP contribution is 2.20. The molecule has 1 N–H and O–H groups in total. The van der Waals surface area contributed by atoms with Crippen LogP contribution in [-0.2, 0) is 13.0 Å². The van der Waals surface area contributed by atoms with Crippen LogP contribution in [0.1, 0.15) is 35.9 Å². The van der Waals surface area contributed by atoms with E-state index in [0.717, 1.165) is 18.0 Å². The van der Waals surface area contributed by atoms with Gasteiger partial charge in [0.1, 0.15) is 0 Å². The van der Waals surface area contributed by atoms with Gasteiger partial charge in [-0.2, -0.15) is 0 Å². The van der Waals surface area contributed by atoms with Crippen molar-refractivity contribution in [2.75, 3.05) is 0 Å². The number of aryl methyl sites for hydroxylation is 1. The molecule has 2 aromatic rings. The van der Waals surface area contributed by atoms with Crippen LogP contribution in [0.25, 0.3) is 0 Å². The molecule has 0 fully saturated rings. The van der Waals surface area contributed by atoms with Crippen LogP contribution >= 0.6 is 22.9 Å².